The van der Waals surface area contributed by atoms with Crippen molar-refractivity contribution in [2.45, 2.75) is 44.6 Å². The van der Waals surface area contributed by atoms with E-state index in [9.17, 15) is 0 Å². The van der Waals surface area contributed by atoms with E-state index in [1.54, 1.807) is 0 Å². The van der Waals surface area contributed by atoms with E-state index in [4.69, 9.17) is 9.57 Å². The summed E-state index contributed by atoms with van der Waals surface area (Å²) in [6.07, 6.45) is 8.67. The van der Waals surface area contributed by atoms with Crippen LogP contribution in [0.5, 0.6) is 5.75 Å². The lowest BCUT2D eigenvalue weighted by atomic mass is 10.1. The second-order valence-electron chi connectivity index (χ2n) is 6.24. The molecule has 0 aromatic heterocycles. The molecule has 1 aliphatic rings. The van der Waals surface area contributed by atoms with Gasteiger partial charge in [0.2, 0.25) is 0 Å². The summed E-state index contributed by atoms with van der Waals surface area (Å²) in [6.45, 7) is 0.621. The van der Waals surface area contributed by atoms with Gasteiger partial charge in [-0.25, -0.2) is 0 Å². The molecule has 0 spiro atoms. The topological polar surface area (TPSA) is 30.8 Å². The molecule has 0 aliphatic heterocycles. The monoisotopic (exact) mass is 323 g/mol. The first-order chi connectivity index (χ1) is 11.9. The molecule has 0 radical (unpaired) electrons. The maximum Gasteiger partial charge on any atom is 0.127 e. The van der Waals surface area contributed by atoms with Gasteiger partial charge in [0.25, 0.3) is 0 Å². The van der Waals surface area contributed by atoms with Crippen LogP contribution in [-0.4, -0.2) is 18.9 Å². The molecule has 3 nitrogen and oxygen atoms in total. The molecule has 2 aromatic rings. The zero-order valence-electron chi connectivity index (χ0n) is 14.1. The van der Waals surface area contributed by atoms with Crippen LogP contribution in [0.15, 0.2) is 59.8 Å². The Hall–Kier alpha value is -2.29. The minimum atomic E-state index is 0.333. The summed E-state index contributed by atoms with van der Waals surface area (Å²) >= 11 is 0. The summed E-state index contributed by atoms with van der Waals surface area (Å²) in [5, 5.41) is 4.04. The fourth-order valence-corrected chi connectivity index (χ4v) is 2.94. The molecule has 0 unspecified atom stereocenters. The highest BCUT2D eigenvalue weighted by atomic mass is 16.6. The molecule has 2 aromatic carbocycles. The SMILES string of the molecule is C(/CCOc1ccc(Cc2ccccc2)cc1)=N\OC1CCCC1. The lowest BCUT2D eigenvalue weighted by Gasteiger charge is -2.07. The van der Waals surface area contributed by atoms with Gasteiger partial charge in [-0.3, -0.25) is 0 Å². The lowest BCUT2D eigenvalue weighted by Crippen LogP contribution is -2.03. The van der Waals surface area contributed by atoms with Crippen LogP contribution >= 0.6 is 0 Å². The zero-order chi connectivity index (χ0) is 16.5. The van der Waals surface area contributed by atoms with Gasteiger partial charge in [0.15, 0.2) is 0 Å². The fraction of sp³-hybridized carbons (Fsp3) is 0.381. The van der Waals surface area contributed by atoms with E-state index < -0.39 is 0 Å². The lowest BCUT2D eigenvalue weighted by molar-refractivity contribution is 0.0650. The maximum absolute atomic E-state index is 5.74. The molecular formula is C21H25NO2. The summed E-state index contributed by atoms with van der Waals surface area (Å²) in [5.41, 5.74) is 2.62. The summed E-state index contributed by atoms with van der Waals surface area (Å²) in [4.78, 5) is 5.44. The van der Waals surface area contributed by atoms with Gasteiger partial charge in [-0.05, 0) is 55.4 Å². The van der Waals surface area contributed by atoms with Crippen molar-refractivity contribution >= 4 is 6.21 Å². The van der Waals surface area contributed by atoms with Gasteiger partial charge in [-0.15, -0.1) is 0 Å². The summed E-state index contributed by atoms with van der Waals surface area (Å²) in [6, 6.07) is 18.8. The van der Waals surface area contributed by atoms with Crippen LogP contribution in [0.3, 0.4) is 0 Å². The summed E-state index contributed by atoms with van der Waals surface area (Å²) < 4.78 is 5.74. The minimum absolute atomic E-state index is 0.333. The Morgan fingerprint density at radius 1 is 0.917 bits per heavy atom. The fourth-order valence-electron chi connectivity index (χ4n) is 2.94. The summed E-state index contributed by atoms with van der Waals surface area (Å²) in [7, 11) is 0. The molecule has 0 heterocycles. The minimum Gasteiger partial charge on any atom is -0.493 e. The van der Waals surface area contributed by atoms with E-state index in [1.807, 2.05) is 24.4 Å². The van der Waals surface area contributed by atoms with Crippen LogP contribution in [0.25, 0.3) is 0 Å². The Kier molecular flexibility index (Phi) is 6.29. The Balaban J connectivity index is 1.36. The number of hydrogen-bond acceptors (Lipinski definition) is 3. The molecule has 3 heteroatoms. The Morgan fingerprint density at radius 3 is 2.38 bits per heavy atom. The first kappa shape index (κ1) is 16.6. The van der Waals surface area contributed by atoms with E-state index in [0.29, 0.717) is 12.7 Å². The second-order valence-corrected chi connectivity index (χ2v) is 6.24. The van der Waals surface area contributed by atoms with Crippen molar-refractivity contribution < 1.29 is 9.57 Å². The van der Waals surface area contributed by atoms with Crippen molar-refractivity contribution in [3.8, 4) is 5.75 Å². The average molecular weight is 323 g/mol. The van der Waals surface area contributed by atoms with Crippen LogP contribution in [0.2, 0.25) is 0 Å². The number of hydrogen-bond donors (Lipinski definition) is 0. The molecule has 3 rings (SSSR count). The predicted molar refractivity (Wildman–Crippen MR) is 97.6 cm³/mol. The largest absolute Gasteiger partial charge is 0.493 e. The third kappa shape index (κ3) is 5.41. The standard InChI is InChI=1S/C21H25NO2/c1-2-7-18(8-3-1)17-19-11-13-20(14-12-19)23-16-6-15-22-24-21-9-4-5-10-21/h1-3,7-8,11-15,21H,4-6,9-10,16-17H2/b22-15+. The molecule has 0 bridgehead atoms. The van der Waals surface area contributed by atoms with Gasteiger partial charge in [-0.1, -0.05) is 47.6 Å². The Labute approximate surface area is 144 Å². The van der Waals surface area contributed by atoms with E-state index in [0.717, 1.165) is 31.4 Å². The quantitative estimate of drug-likeness (QED) is 0.389. The third-order valence-corrected chi connectivity index (χ3v) is 4.28. The highest BCUT2D eigenvalue weighted by Crippen LogP contribution is 2.20. The third-order valence-electron chi connectivity index (χ3n) is 4.28. The van der Waals surface area contributed by atoms with Crippen LogP contribution in [-0.2, 0) is 11.3 Å². The van der Waals surface area contributed by atoms with E-state index in [2.05, 4.69) is 41.6 Å². The van der Waals surface area contributed by atoms with Crippen molar-refractivity contribution in [1.82, 2.24) is 0 Å². The van der Waals surface area contributed by atoms with E-state index in [-0.39, 0.29) is 0 Å². The number of ether oxygens (including phenoxy) is 1. The second kappa shape index (κ2) is 9.11. The molecule has 1 fully saturated rings. The maximum atomic E-state index is 5.74. The van der Waals surface area contributed by atoms with E-state index >= 15 is 0 Å². The highest BCUT2D eigenvalue weighted by Gasteiger charge is 2.15. The number of benzene rings is 2. The van der Waals surface area contributed by atoms with Gasteiger partial charge >= 0.3 is 0 Å². The summed E-state index contributed by atoms with van der Waals surface area (Å²) in [5.74, 6) is 0.900. The van der Waals surface area contributed by atoms with Crippen molar-refractivity contribution in [3.63, 3.8) is 0 Å². The van der Waals surface area contributed by atoms with E-state index in [1.165, 1.54) is 24.0 Å². The normalized spacial score (nSPS) is 15.0. The van der Waals surface area contributed by atoms with Gasteiger partial charge < -0.3 is 9.57 Å². The average Bonchev–Trinajstić information content (AvgIpc) is 3.14. The molecule has 24 heavy (non-hydrogen) atoms. The molecule has 0 amide bonds. The first-order valence-electron chi connectivity index (χ1n) is 8.83. The van der Waals surface area contributed by atoms with Crippen LogP contribution < -0.4 is 4.74 Å². The number of rotatable bonds is 8. The van der Waals surface area contributed by atoms with Crippen molar-refractivity contribution in [2.75, 3.05) is 6.61 Å². The molecule has 0 N–H and O–H groups in total. The smallest absolute Gasteiger partial charge is 0.127 e. The molecule has 1 aliphatic carbocycles. The van der Waals surface area contributed by atoms with Crippen LogP contribution in [0, 0.1) is 0 Å². The van der Waals surface area contributed by atoms with Gasteiger partial charge in [-0.2, -0.15) is 0 Å². The van der Waals surface area contributed by atoms with Crippen LogP contribution in [0.1, 0.15) is 43.2 Å². The molecule has 0 atom stereocenters. The highest BCUT2D eigenvalue weighted by molar-refractivity contribution is 5.56. The number of oxime groups is 1. The molecule has 1 saturated carbocycles. The molecule has 126 valence electrons. The molecular weight excluding hydrogens is 298 g/mol. The van der Waals surface area contributed by atoms with Gasteiger partial charge in [0.05, 0.1) is 6.61 Å². The first-order valence-corrected chi connectivity index (χ1v) is 8.83. The van der Waals surface area contributed by atoms with Crippen LogP contribution in [0.4, 0.5) is 0 Å². The number of nitrogens with zero attached hydrogens (tertiary/aromatic N) is 1. The molecule has 0 saturated heterocycles. The Bertz CT molecular complexity index is 616. The van der Waals surface area contributed by atoms with Gasteiger partial charge in [0, 0.05) is 12.6 Å². The van der Waals surface area contributed by atoms with Crippen molar-refractivity contribution in [2.24, 2.45) is 5.16 Å². The van der Waals surface area contributed by atoms with Crippen molar-refractivity contribution in [3.05, 3.63) is 65.7 Å². The zero-order valence-corrected chi connectivity index (χ0v) is 14.1. The Morgan fingerprint density at radius 2 is 1.62 bits per heavy atom. The van der Waals surface area contributed by atoms with Crippen molar-refractivity contribution in [1.29, 1.82) is 0 Å². The van der Waals surface area contributed by atoms with Gasteiger partial charge in [0.1, 0.15) is 11.9 Å². The predicted octanol–water partition coefficient (Wildman–Crippen LogP) is 4.99.